The Hall–Kier alpha value is -2.93. The fourth-order valence-electron chi connectivity index (χ4n) is 2.57. The summed E-state index contributed by atoms with van der Waals surface area (Å²) < 4.78 is 7.61. The molecule has 0 saturated carbocycles. The predicted octanol–water partition coefficient (Wildman–Crippen LogP) is 4.37. The average molecular weight is 428 g/mol. The van der Waals surface area contributed by atoms with Gasteiger partial charge in [-0.2, -0.15) is 5.10 Å². The second kappa shape index (κ2) is 8.18. The molecule has 0 bridgehead atoms. The summed E-state index contributed by atoms with van der Waals surface area (Å²) in [4.78, 5) is 24.3. The summed E-state index contributed by atoms with van der Waals surface area (Å²) in [5.41, 5.74) is 3.10. The van der Waals surface area contributed by atoms with Gasteiger partial charge < -0.3 is 10.1 Å². The molecular weight excluding hydrogens is 410 g/mol. The van der Waals surface area contributed by atoms with Gasteiger partial charge in [-0.1, -0.05) is 15.9 Å². The number of halogens is 1. The summed E-state index contributed by atoms with van der Waals surface area (Å²) in [5.74, 6) is -0.597. The molecule has 1 heterocycles. The maximum Gasteiger partial charge on any atom is 0.341 e. The number of esters is 1. The molecule has 0 radical (unpaired) electrons. The van der Waals surface area contributed by atoms with Gasteiger partial charge in [0.25, 0.3) is 5.91 Å². The minimum absolute atomic E-state index is 0.201. The Morgan fingerprint density at radius 2 is 1.78 bits per heavy atom. The van der Waals surface area contributed by atoms with Crippen LogP contribution in [0.1, 0.15) is 33.3 Å². The van der Waals surface area contributed by atoms with Gasteiger partial charge in [0, 0.05) is 15.7 Å². The van der Waals surface area contributed by atoms with E-state index in [9.17, 15) is 9.59 Å². The zero-order valence-corrected chi connectivity index (χ0v) is 16.5. The van der Waals surface area contributed by atoms with Crippen molar-refractivity contribution in [1.29, 1.82) is 0 Å². The Bertz CT molecular complexity index is 963. The number of carbonyl (C=O) groups excluding carboxylic acids is 2. The standard InChI is InChI=1S/C20H18BrN3O3/c1-3-27-20(26)18-12-22-24(13(18)2)17-10-4-14(5-11-17)19(25)23-16-8-6-15(21)7-9-16/h4-12H,3H2,1-2H3,(H,23,25). The molecule has 0 aliphatic heterocycles. The first-order valence-electron chi connectivity index (χ1n) is 8.38. The highest BCUT2D eigenvalue weighted by atomic mass is 79.9. The van der Waals surface area contributed by atoms with Gasteiger partial charge in [-0.15, -0.1) is 0 Å². The van der Waals surface area contributed by atoms with Gasteiger partial charge in [-0.3, -0.25) is 4.79 Å². The van der Waals surface area contributed by atoms with Crippen molar-refractivity contribution < 1.29 is 14.3 Å². The van der Waals surface area contributed by atoms with Gasteiger partial charge in [0.1, 0.15) is 5.56 Å². The molecule has 0 aliphatic carbocycles. The van der Waals surface area contributed by atoms with Crippen molar-refractivity contribution in [3.63, 3.8) is 0 Å². The highest BCUT2D eigenvalue weighted by molar-refractivity contribution is 9.10. The summed E-state index contributed by atoms with van der Waals surface area (Å²) in [6, 6.07) is 14.4. The first kappa shape index (κ1) is 18.8. The van der Waals surface area contributed by atoms with Crippen LogP contribution < -0.4 is 5.32 Å². The second-order valence-electron chi connectivity index (χ2n) is 5.78. The largest absolute Gasteiger partial charge is 0.462 e. The Kier molecular flexibility index (Phi) is 5.71. The lowest BCUT2D eigenvalue weighted by atomic mass is 10.2. The minimum Gasteiger partial charge on any atom is -0.462 e. The van der Waals surface area contributed by atoms with Crippen LogP contribution in [-0.2, 0) is 4.74 Å². The molecular formula is C20H18BrN3O3. The van der Waals surface area contributed by atoms with Gasteiger partial charge in [-0.05, 0) is 62.4 Å². The summed E-state index contributed by atoms with van der Waals surface area (Å²) in [7, 11) is 0. The van der Waals surface area contributed by atoms with Crippen molar-refractivity contribution in [2.24, 2.45) is 0 Å². The lowest BCUT2D eigenvalue weighted by Crippen LogP contribution is -2.12. The molecule has 3 rings (SSSR count). The molecule has 0 fully saturated rings. The van der Waals surface area contributed by atoms with Crippen LogP contribution in [0.3, 0.4) is 0 Å². The topological polar surface area (TPSA) is 73.2 Å². The SMILES string of the molecule is CCOC(=O)c1cnn(-c2ccc(C(=O)Nc3ccc(Br)cc3)cc2)c1C. The molecule has 0 aliphatic rings. The predicted molar refractivity (Wildman–Crippen MR) is 106 cm³/mol. The zero-order valence-electron chi connectivity index (χ0n) is 14.9. The van der Waals surface area contributed by atoms with Crippen molar-refractivity contribution in [3.8, 4) is 5.69 Å². The molecule has 138 valence electrons. The molecule has 6 nitrogen and oxygen atoms in total. The fraction of sp³-hybridized carbons (Fsp3) is 0.150. The van der Waals surface area contributed by atoms with E-state index in [1.54, 1.807) is 42.8 Å². The van der Waals surface area contributed by atoms with Crippen molar-refractivity contribution in [2.75, 3.05) is 11.9 Å². The highest BCUT2D eigenvalue weighted by Gasteiger charge is 2.16. The first-order chi connectivity index (χ1) is 13.0. The number of nitrogens with one attached hydrogen (secondary N) is 1. The van der Waals surface area contributed by atoms with Crippen LogP contribution in [0.2, 0.25) is 0 Å². The van der Waals surface area contributed by atoms with Gasteiger partial charge in [-0.25, -0.2) is 9.48 Å². The molecule has 0 atom stereocenters. The van der Waals surface area contributed by atoms with Crippen molar-refractivity contribution in [3.05, 3.63) is 76.0 Å². The molecule has 1 amide bonds. The normalized spacial score (nSPS) is 10.5. The molecule has 7 heteroatoms. The third-order valence-electron chi connectivity index (χ3n) is 3.98. The summed E-state index contributed by atoms with van der Waals surface area (Å²) in [6.07, 6.45) is 1.49. The average Bonchev–Trinajstić information content (AvgIpc) is 3.05. The monoisotopic (exact) mass is 427 g/mol. The van der Waals surface area contributed by atoms with Gasteiger partial charge in [0.05, 0.1) is 24.2 Å². The molecule has 0 unspecified atom stereocenters. The lowest BCUT2D eigenvalue weighted by Gasteiger charge is -2.08. The summed E-state index contributed by atoms with van der Waals surface area (Å²) >= 11 is 3.36. The Morgan fingerprint density at radius 3 is 2.41 bits per heavy atom. The van der Waals surface area contributed by atoms with E-state index in [0.29, 0.717) is 29.1 Å². The van der Waals surface area contributed by atoms with E-state index in [2.05, 4.69) is 26.3 Å². The molecule has 27 heavy (non-hydrogen) atoms. The number of amides is 1. The van der Waals surface area contributed by atoms with Crippen LogP contribution in [0.4, 0.5) is 5.69 Å². The number of nitrogens with zero attached hydrogens (tertiary/aromatic N) is 2. The van der Waals surface area contributed by atoms with Crippen molar-refractivity contribution >= 4 is 33.5 Å². The van der Waals surface area contributed by atoms with Crippen LogP contribution in [0.5, 0.6) is 0 Å². The molecule has 1 N–H and O–H groups in total. The molecule has 1 aromatic heterocycles. The minimum atomic E-state index is -0.397. The van der Waals surface area contributed by atoms with E-state index in [4.69, 9.17) is 4.74 Å². The Labute approximate surface area is 165 Å². The Morgan fingerprint density at radius 1 is 1.11 bits per heavy atom. The number of carbonyl (C=O) groups is 2. The quantitative estimate of drug-likeness (QED) is 0.613. The smallest absolute Gasteiger partial charge is 0.341 e. The molecule has 0 spiro atoms. The molecule has 0 saturated heterocycles. The van der Waals surface area contributed by atoms with Crippen LogP contribution >= 0.6 is 15.9 Å². The number of hydrogen-bond acceptors (Lipinski definition) is 4. The van der Waals surface area contributed by atoms with Gasteiger partial charge in [0.15, 0.2) is 0 Å². The van der Waals surface area contributed by atoms with Crippen LogP contribution in [0, 0.1) is 6.92 Å². The fourth-order valence-corrected chi connectivity index (χ4v) is 2.83. The second-order valence-corrected chi connectivity index (χ2v) is 6.70. The van der Waals surface area contributed by atoms with E-state index in [1.807, 2.05) is 24.3 Å². The van der Waals surface area contributed by atoms with Gasteiger partial charge >= 0.3 is 5.97 Å². The van der Waals surface area contributed by atoms with Crippen molar-refractivity contribution in [1.82, 2.24) is 9.78 Å². The lowest BCUT2D eigenvalue weighted by molar-refractivity contribution is 0.0525. The molecule has 2 aromatic carbocycles. The maximum atomic E-state index is 12.4. The van der Waals surface area contributed by atoms with E-state index >= 15 is 0 Å². The Balaban J connectivity index is 1.76. The number of aromatic nitrogens is 2. The number of hydrogen-bond donors (Lipinski definition) is 1. The van der Waals surface area contributed by atoms with Crippen LogP contribution in [0.25, 0.3) is 5.69 Å². The zero-order chi connectivity index (χ0) is 19.4. The number of ether oxygens (including phenoxy) is 1. The number of anilines is 1. The third kappa shape index (κ3) is 4.25. The van der Waals surface area contributed by atoms with E-state index in [1.165, 1.54) is 6.20 Å². The molecule has 3 aromatic rings. The highest BCUT2D eigenvalue weighted by Crippen LogP contribution is 2.18. The number of rotatable bonds is 5. The number of benzene rings is 2. The van der Waals surface area contributed by atoms with Crippen LogP contribution in [0.15, 0.2) is 59.2 Å². The summed E-state index contributed by atoms with van der Waals surface area (Å²) in [5, 5.41) is 7.10. The van der Waals surface area contributed by atoms with Crippen LogP contribution in [-0.4, -0.2) is 28.3 Å². The van der Waals surface area contributed by atoms with E-state index in [0.717, 1.165) is 10.2 Å². The van der Waals surface area contributed by atoms with Gasteiger partial charge in [0.2, 0.25) is 0 Å². The first-order valence-corrected chi connectivity index (χ1v) is 9.18. The van der Waals surface area contributed by atoms with E-state index in [-0.39, 0.29) is 5.91 Å². The maximum absolute atomic E-state index is 12.4. The third-order valence-corrected chi connectivity index (χ3v) is 4.51. The van der Waals surface area contributed by atoms with E-state index < -0.39 is 5.97 Å². The summed E-state index contributed by atoms with van der Waals surface area (Å²) in [6.45, 7) is 3.87. The van der Waals surface area contributed by atoms with Crippen molar-refractivity contribution in [2.45, 2.75) is 13.8 Å².